The number of nitrogens with one attached hydrogen (secondary N) is 1. The maximum Gasteiger partial charge on any atom is 0.407 e. The molecular weight excluding hydrogens is 378 g/mol. The lowest BCUT2D eigenvalue weighted by atomic mass is 9.98. The van der Waals surface area contributed by atoms with Crippen LogP contribution in [0.4, 0.5) is 4.79 Å². The number of carboxylic acids is 1. The molecule has 1 aliphatic rings. The van der Waals surface area contributed by atoms with E-state index in [-0.39, 0.29) is 18.9 Å². The molecule has 30 heavy (non-hydrogen) atoms. The van der Waals surface area contributed by atoms with Crippen molar-refractivity contribution in [3.63, 3.8) is 0 Å². The summed E-state index contributed by atoms with van der Waals surface area (Å²) in [6, 6.07) is 22.8. The Hall–Kier alpha value is -3.60. The van der Waals surface area contributed by atoms with Gasteiger partial charge in [0.2, 0.25) is 0 Å². The molecule has 0 spiro atoms. The minimum atomic E-state index is -1.24. The van der Waals surface area contributed by atoms with Gasteiger partial charge in [0, 0.05) is 18.3 Å². The van der Waals surface area contributed by atoms with Gasteiger partial charge in [-0.05, 0) is 34.7 Å². The average Bonchev–Trinajstić information content (AvgIpc) is 3.06. The molecule has 0 unspecified atom stereocenters. The third-order valence-electron chi connectivity index (χ3n) is 5.49. The number of alkyl carbamates (subject to hydrolysis) is 1. The van der Waals surface area contributed by atoms with E-state index in [1.54, 1.807) is 12.1 Å². The van der Waals surface area contributed by atoms with Crippen LogP contribution in [0, 0.1) is 6.92 Å². The zero-order chi connectivity index (χ0) is 21.1. The number of carbonyl (C=O) groups is 2. The second-order valence-corrected chi connectivity index (χ2v) is 7.51. The first kappa shape index (κ1) is 19.7. The van der Waals surface area contributed by atoms with E-state index in [1.165, 1.54) is 0 Å². The van der Waals surface area contributed by atoms with Crippen LogP contribution in [0.2, 0.25) is 0 Å². The Labute approximate surface area is 175 Å². The second-order valence-electron chi connectivity index (χ2n) is 7.51. The Bertz CT molecular complexity index is 1030. The summed E-state index contributed by atoms with van der Waals surface area (Å²) in [7, 11) is 0. The third-order valence-corrected chi connectivity index (χ3v) is 5.49. The van der Waals surface area contributed by atoms with Crippen LogP contribution in [0.15, 0.2) is 72.8 Å². The minimum absolute atomic E-state index is 0.0536. The van der Waals surface area contributed by atoms with Crippen molar-refractivity contribution < 1.29 is 19.4 Å². The van der Waals surface area contributed by atoms with Gasteiger partial charge in [-0.2, -0.15) is 0 Å². The van der Waals surface area contributed by atoms with Crippen molar-refractivity contribution in [1.82, 2.24) is 5.32 Å². The van der Waals surface area contributed by atoms with Gasteiger partial charge in [0.15, 0.2) is 0 Å². The fraction of sp³-hybridized carbons (Fsp3) is 0.200. The molecule has 0 radical (unpaired) electrons. The quantitative estimate of drug-likeness (QED) is 0.684. The Morgan fingerprint density at radius 1 is 0.933 bits per heavy atom. The Balaban J connectivity index is 1.47. The van der Waals surface area contributed by atoms with Crippen LogP contribution in [0.3, 0.4) is 0 Å². The summed E-state index contributed by atoms with van der Waals surface area (Å²) in [6.07, 6.45) is -0.975. The van der Waals surface area contributed by atoms with E-state index in [0.29, 0.717) is 5.56 Å². The molecule has 0 saturated carbocycles. The predicted octanol–water partition coefficient (Wildman–Crippen LogP) is 3.71. The first-order valence-corrected chi connectivity index (χ1v) is 9.91. The van der Waals surface area contributed by atoms with Gasteiger partial charge in [0.1, 0.15) is 6.61 Å². The van der Waals surface area contributed by atoms with Crippen LogP contribution in [0.25, 0.3) is 11.1 Å². The summed E-state index contributed by atoms with van der Waals surface area (Å²) in [4.78, 5) is 23.7. The van der Waals surface area contributed by atoms with E-state index < -0.39 is 18.1 Å². The number of amides is 1. The highest BCUT2D eigenvalue weighted by molar-refractivity contribution is 5.79. The third kappa shape index (κ3) is 4.06. The monoisotopic (exact) mass is 400 g/mol. The summed E-state index contributed by atoms with van der Waals surface area (Å²) >= 11 is 0. The van der Waals surface area contributed by atoms with Gasteiger partial charge in [-0.3, -0.25) is 0 Å². The number of aliphatic carboxylic acids is 1. The molecule has 1 atom stereocenters. The maximum atomic E-state index is 12.5. The van der Waals surface area contributed by atoms with Crippen molar-refractivity contribution in [2.24, 2.45) is 0 Å². The number of rotatable bonds is 6. The molecule has 1 aliphatic carbocycles. The summed E-state index contributed by atoms with van der Waals surface area (Å²) in [5, 5.41) is 13.8. The van der Waals surface area contributed by atoms with Crippen molar-refractivity contribution in [3.8, 4) is 11.1 Å². The van der Waals surface area contributed by atoms with E-state index >= 15 is 0 Å². The minimum Gasteiger partial charge on any atom is -0.550 e. The highest BCUT2D eigenvalue weighted by atomic mass is 16.5. The van der Waals surface area contributed by atoms with Crippen molar-refractivity contribution in [2.45, 2.75) is 25.3 Å². The molecule has 0 saturated heterocycles. The predicted molar refractivity (Wildman–Crippen MR) is 112 cm³/mol. The summed E-state index contributed by atoms with van der Waals surface area (Å²) < 4.78 is 5.53. The molecule has 0 aromatic heterocycles. The van der Waals surface area contributed by atoms with Gasteiger partial charge in [0.05, 0.1) is 6.04 Å². The van der Waals surface area contributed by atoms with Gasteiger partial charge in [-0.1, -0.05) is 78.4 Å². The number of fused-ring (bicyclic) bond motifs is 3. The molecule has 4 rings (SSSR count). The van der Waals surface area contributed by atoms with Crippen molar-refractivity contribution in [2.75, 3.05) is 6.61 Å². The SMILES string of the molecule is Cc1ccc([C@@H](CC(=O)[O-])NC(=O)OCC2c3ccccc3-c3ccccc32)cc1. The van der Waals surface area contributed by atoms with Crippen molar-refractivity contribution in [3.05, 3.63) is 95.1 Å². The standard InChI is InChI=1S/C25H23NO4/c1-16-10-12-17(13-11-16)23(14-24(27)28)26-25(29)30-15-22-20-8-4-2-6-18(20)19-7-3-5-9-21(19)22/h2-13,22-23H,14-15H2,1H3,(H,26,29)(H,27,28)/p-1/t23-/m1/s1. The molecular formula is C25H22NO4-. The molecule has 152 valence electrons. The number of aryl methyl sites for hydroxylation is 1. The summed E-state index contributed by atoms with van der Waals surface area (Å²) in [5.41, 5.74) is 6.28. The number of carboxylic acid groups (broad SMARTS) is 1. The molecule has 1 amide bonds. The zero-order valence-electron chi connectivity index (χ0n) is 16.6. The Morgan fingerprint density at radius 2 is 1.50 bits per heavy atom. The molecule has 0 heterocycles. The van der Waals surface area contributed by atoms with E-state index in [1.807, 2.05) is 55.5 Å². The van der Waals surface area contributed by atoms with Gasteiger partial charge in [-0.15, -0.1) is 0 Å². The van der Waals surface area contributed by atoms with Crippen LogP contribution >= 0.6 is 0 Å². The van der Waals surface area contributed by atoms with Crippen molar-refractivity contribution >= 4 is 12.1 Å². The van der Waals surface area contributed by atoms with Crippen LogP contribution < -0.4 is 10.4 Å². The highest BCUT2D eigenvalue weighted by Gasteiger charge is 2.29. The van der Waals surface area contributed by atoms with Crippen LogP contribution in [0.5, 0.6) is 0 Å². The van der Waals surface area contributed by atoms with E-state index in [4.69, 9.17) is 4.74 Å². The van der Waals surface area contributed by atoms with Crippen LogP contribution in [-0.4, -0.2) is 18.7 Å². The molecule has 0 bridgehead atoms. The van der Waals surface area contributed by atoms with E-state index in [0.717, 1.165) is 27.8 Å². The zero-order valence-corrected chi connectivity index (χ0v) is 16.6. The van der Waals surface area contributed by atoms with Gasteiger partial charge in [-0.25, -0.2) is 4.79 Å². The summed E-state index contributed by atoms with van der Waals surface area (Å²) in [6.45, 7) is 2.11. The fourth-order valence-electron chi connectivity index (χ4n) is 4.00. The van der Waals surface area contributed by atoms with E-state index in [2.05, 4.69) is 17.4 Å². The Morgan fingerprint density at radius 3 is 2.07 bits per heavy atom. The number of benzene rings is 3. The first-order chi connectivity index (χ1) is 14.5. The number of ether oxygens (including phenoxy) is 1. The van der Waals surface area contributed by atoms with Gasteiger partial charge < -0.3 is 20.0 Å². The van der Waals surface area contributed by atoms with Gasteiger partial charge in [0.25, 0.3) is 0 Å². The van der Waals surface area contributed by atoms with Crippen molar-refractivity contribution in [1.29, 1.82) is 0 Å². The van der Waals surface area contributed by atoms with Gasteiger partial charge >= 0.3 is 6.09 Å². The maximum absolute atomic E-state index is 12.5. The number of hydrogen-bond acceptors (Lipinski definition) is 4. The fourth-order valence-corrected chi connectivity index (χ4v) is 4.00. The van der Waals surface area contributed by atoms with Crippen LogP contribution in [0.1, 0.15) is 40.6 Å². The highest BCUT2D eigenvalue weighted by Crippen LogP contribution is 2.44. The normalized spacial score (nSPS) is 13.2. The lowest BCUT2D eigenvalue weighted by Gasteiger charge is -2.21. The average molecular weight is 400 g/mol. The molecule has 5 nitrogen and oxygen atoms in total. The largest absolute Gasteiger partial charge is 0.550 e. The molecule has 0 aliphatic heterocycles. The first-order valence-electron chi connectivity index (χ1n) is 9.91. The lowest BCUT2D eigenvalue weighted by molar-refractivity contribution is -0.306. The molecule has 3 aromatic carbocycles. The number of hydrogen-bond donors (Lipinski definition) is 1. The molecule has 1 N–H and O–H groups in total. The second kappa shape index (κ2) is 8.41. The van der Waals surface area contributed by atoms with E-state index in [9.17, 15) is 14.7 Å². The smallest absolute Gasteiger partial charge is 0.407 e. The summed E-state index contributed by atoms with van der Waals surface area (Å²) in [5.74, 6) is -1.29. The number of carbonyl (C=O) groups excluding carboxylic acids is 2. The topological polar surface area (TPSA) is 78.5 Å². The molecule has 5 heteroatoms. The molecule has 3 aromatic rings. The molecule has 0 fully saturated rings. The Kier molecular flexibility index (Phi) is 5.53. The lowest BCUT2D eigenvalue weighted by Crippen LogP contribution is -2.35. The van der Waals surface area contributed by atoms with Crippen LogP contribution in [-0.2, 0) is 9.53 Å².